The molecule has 0 spiro atoms. The lowest BCUT2D eigenvalue weighted by molar-refractivity contribution is -0.137. The molecule has 1 fully saturated rings. The second kappa shape index (κ2) is 4.88. The van der Waals surface area contributed by atoms with E-state index < -0.39 is 11.7 Å². The first-order chi connectivity index (χ1) is 8.82. The van der Waals surface area contributed by atoms with Gasteiger partial charge in [0.2, 0.25) is 5.91 Å². The summed E-state index contributed by atoms with van der Waals surface area (Å²) in [5, 5.41) is 2.45. The molecular formula is C11H11ClF3N3O. The molecule has 104 valence electrons. The van der Waals surface area contributed by atoms with Crippen LogP contribution in [0.1, 0.15) is 5.56 Å². The zero-order chi connectivity index (χ0) is 14.2. The molecule has 0 aliphatic carbocycles. The summed E-state index contributed by atoms with van der Waals surface area (Å²) in [5.74, 6) is -0.000682. The second-order valence-corrected chi connectivity index (χ2v) is 4.65. The van der Waals surface area contributed by atoms with Crippen molar-refractivity contribution in [1.82, 2.24) is 10.3 Å². The summed E-state index contributed by atoms with van der Waals surface area (Å²) < 4.78 is 37.3. The van der Waals surface area contributed by atoms with Crippen molar-refractivity contribution in [3.05, 3.63) is 22.8 Å². The van der Waals surface area contributed by atoms with Crippen LogP contribution in [0.4, 0.5) is 19.0 Å². The van der Waals surface area contributed by atoms with Crippen LogP contribution in [-0.2, 0) is 11.0 Å². The normalized spacial score (nSPS) is 16.2. The highest BCUT2D eigenvalue weighted by Crippen LogP contribution is 2.35. The summed E-state index contributed by atoms with van der Waals surface area (Å²) in [6, 6.07) is 0.844. The number of carbonyl (C=O) groups is 1. The molecule has 0 saturated carbocycles. The Morgan fingerprint density at radius 1 is 1.53 bits per heavy atom. The first-order valence-corrected chi connectivity index (χ1v) is 5.90. The highest BCUT2D eigenvalue weighted by molar-refractivity contribution is 6.33. The molecule has 2 heterocycles. The van der Waals surface area contributed by atoms with Crippen molar-refractivity contribution in [1.29, 1.82) is 0 Å². The van der Waals surface area contributed by atoms with E-state index in [1.165, 1.54) is 7.05 Å². The molecule has 1 aromatic rings. The van der Waals surface area contributed by atoms with Crippen LogP contribution in [0.3, 0.4) is 0 Å². The zero-order valence-electron chi connectivity index (χ0n) is 9.96. The molecular weight excluding hydrogens is 283 g/mol. The highest BCUT2D eigenvalue weighted by Gasteiger charge is 2.36. The van der Waals surface area contributed by atoms with Crippen LogP contribution in [0.25, 0.3) is 0 Å². The highest BCUT2D eigenvalue weighted by atomic mass is 35.5. The van der Waals surface area contributed by atoms with E-state index in [1.54, 1.807) is 4.90 Å². The third kappa shape index (κ3) is 2.75. The average Bonchev–Trinajstić information content (AvgIpc) is 2.27. The molecule has 1 aliphatic rings. The maximum Gasteiger partial charge on any atom is 0.417 e. The van der Waals surface area contributed by atoms with Gasteiger partial charge in [0.05, 0.1) is 16.5 Å². The molecule has 0 atom stereocenters. The maximum atomic E-state index is 12.4. The Hall–Kier alpha value is -1.50. The topological polar surface area (TPSA) is 45.2 Å². The van der Waals surface area contributed by atoms with Gasteiger partial charge in [-0.25, -0.2) is 4.98 Å². The number of anilines is 1. The molecule has 0 aromatic carbocycles. The summed E-state index contributed by atoms with van der Waals surface area (Å²) in [7, 11) is 1.54. The largest absolute Gasteiger partial charge is 0.417 e. The Kier molecular flexibility index (Phi) is 3.58. The lowest BCUT2D eigenvalue weighted by atomic mass is 9.99. The lowest BCUT2D eigenvalue weighted by Gasteiger charge is -2.39. The minimum Gasteiger partial charge on any atom is -0.359 e. The molecule has 1 amide bonds. The molecule has 1 saturated heterocycles. The first-order valence-electron chi connectivity index (χ1n) is 5.52. The summed E-state index contributed by atoms with van der Waals surface area (Å²) in [4.78, 5) is 16.7. The van der Waals surface area contributed by atoms with Crippen LogP contribution < -0.4 is 10.2 Å². The van der Waals surface area contributed by atoms with E-state index in [1.807, 2.05) is 0 Å². The standard InChI is InChI=1S/C11H11ClF3N3O/c1-16-10(19)6-4-18(5-6)9-8(12)2-7(3-17-9)11(13,14)15/h2-3,6H,4-5H2,1H3,(H,16,19). The van der Waals surface area contributed by atoms with Gasteiger partial charge in [-0.2, -0.15) is 13.2 Å². The minimum absolute atomic E-state index is 0.0646. The van der Waals surface area contributed by atoms with Crippen LogP contribution in [0.2, 0.25) is 5.02 Å². The maximum absolute atomic E-state index is 12.4. The second-order valence-electron chi connectivity index (χ2n) is 4.24. The van der Waals surface area contributed by atoms with Gasteiger partial charge in [-0.15, -0.1) is 0 Å². The Balaban J connectivity index is 2.10. The van der Waals surface area contributed by atoms with E-state index in [0.717, 1.165) is 12.3 Å². The lowest BCUT2D eigenvalue weighted by Crippen LogP contribution is -2.53. The number of halogens is 4. The number of hydrogen-bond donors (Lipinski definition) is 1. The third-order valence-electron chi connectivity index (χ3n) is 2.95. The average molecular weight is 294 g/mol. The van der Waals surface area contributed by atoms with Gasteiger partial charge >= 0.3 is 6.18 Å². The molecule has 0 radical (unpaired) electrons. The molecule has 0 unspecified atom stereocenters. The van der Waals surface area contributed by atoms with Crippen LogP contribution >= 0.6 is 11.6 Å². The Morgan fingerprint density at radius 2 is 2.16 bits per heavy atom. The predicted octanol–water partition coefficient (Wildman–Crippen LogP) is 1.94. The van der Waals surface area contributed by atoms with Crippen molar-refractivity contribution in [3.63, 3.8) is 0 Å². The summed E-state index contributed by atoms with van der Waals surface area (Å²) in [6.45, 7) is 0.801. The molecule has 8 heteroatoms. The van der Waals surface area contributed by atoms with Crippen molar-refractivity contribution in [2.45, 2.75) is 6.18 Å². The number of alkyl halides is 3. The molecule has 0 bridgehead atoms. The van der Waals surface area contributed by atoms with E-state index in [4.69, 9.17) is 11.6 Å². The van der Waals surface area contributed by atoms with E-state index in [2.05, 4.69) is 10.3 Å². The number of amides is 1. The van der Waals surface area contributed by atoms with Gasteiger partial charge in [0, 0.05) is 26.3 Å². The van der Waals surface area contributed by atoms with Crippen LogP contribution in [0, 0.1) is 5.92 Å². The predicted molar refractivity (Wildman–Crippen MR) is 64.0 cm³/mol. The van der Waals surface area contributed by atoms with Crippen molar-refractivity contribution in [2.24, 2.45) is 5.92 Å². The van der Waals surface area contributed by atoms with Crippen molar-refractivity contribution in [2.75, 3.05) is 25.0 Å². The van der Waals surface area contributed by atoms with Gasteiger partial charge in [0.15, 0.2) is 0 Å². The Labute approximate surface area is 112 Å². The van der Waals surface area contributed by atoms with Gasteiger partial charge in [0.1, 0.15) is 5.82 Å². The molecule has 1 aromatic heterocycles. The number of nitrogens with zero attached hydrogens (tertiary/aromatic N) is 2. The fourth-order valence-electron chi connectivity index (χ4n) is 1.84. The fraction of sp³-hybridized carbons (Fsp3) is 0.455. The van der Waals surface area contributed by atoms with Crippen LogP contribution in [0.5, 0.6) is 0 Å². The quantitative estimate of drug-likeness (QED) is 0.906. The molecule has 4 nitrogen and oxygen atoms in total. The smallest absolute Gasteiger partial charge is 0.359 e. The molecule has 1 N–H and O–H groups in total. The summed E-state index contributed by atoms with van der Waals surface area (Å²) >= 11 is 5.80. The SMILES string of the molecule is CNC(=O)C1CN(c2ncc(C(F)(F)F)cc2Cl)C1. The van der Waals surface area contributed by atoms with Gasteiger partial charge in [0.25, 0.3) is 0 Å². The molecule has 1 aliphatic heterocycles. The van der Waals surface area contributed by atoms with Crippen molar-refractivity contribution < 1.29 is 18.0 Å². The van der Waals surface area contributed by atoms with E-state index in [0.29, 0.717) is 13.1 Å². The number of aromatic nitrogens is 1. The monoisotopic (exact) mass is 293 g/mol. The van der Waals surface area contributed by atoms with E-state index in [-0.39, 0.29) is 22.7 Å². The van der Waals surface area contributed by atoms with E-state index >= 15 is 0 Å². The summed E-state index contributed by atoms with van der Waals surface area (Å²) in [6.07, 6.45) is -3.72. The number of carbonyl (C=O) groups excluding carboxylic acids is 1. The number of rotatable bonds is 2. The van der Waals surface area contributed by atoms with Crippen LogP contribution in [0.15, 0.2) is 12.3 Å². The molecule has 2 rings (SSSR count). The Bertz CT molecular complexity index is 500. The number of hydrogen-bond acceptors (Lipinski definition) is 3. The fourth-order valence-corrected chi connectivity index (χ4v) is 2.13. The Morgan fingerprint density at radius 3 is 2.63 bits per heavy atom. The first kappa shape index (κ1) is 13.9. The van der Waals surface area contributed by atoms with Crippen molar-refractivity contribution in [3.8, 4) is 0 Å². The van der Waals surface area contributed by atoms with Crippen LogP contribution in [-0.4, -0.2) is 31.0 Å². The van der Waals surface area contributed by atoms with Gasteiger partial charge < -0.3 is 10.2 Å². The number of pyridine rings is 1. The zero-order valence-corrected chi connectivity index (χ0v) is 10.7. The van der Waals surface area contributed by atoms with Gasteiger partial charge in [-0.1, -0.05) is 11.6 Å². The minimum atomic E-state index is -4.46. The third-order valence-corrected chi connectivity index (χ3v) is 3.23. The van der Waals surface area contributed by atoms with E-state index in [9.17, 15) is 18.0 Å². The summed E-state index contributed by atoms with van der Waals surface area (Å²) in [5.41, 5.74) is -0.885. The molecule has 19 heavy (non-hydrogen) atoms. The van der Waals surface area contributed by atoms with Crippen molar-refractivity contribution >= 4 is 23.3 Å². The van der Waals surface area contributed by atoms with Gasteiger partial charge in [-0.3, -0.25) is 4.79 Å². The van der Waals surface area contributed by atoms with Gasteiger partial charge in [-0.05, 0) is 6.07 Å². The number of nitrogens with one attached hydrogen (secondary N) is 1.